The van der Waals surface area contributed by atoms with Crippen LogP contribution in [-0.4, -0.2) is 92.6 Å². The predicted octanol–water partition coefficient (Wildman–Crippen LogP) is 9.78. The number of nitrogens with zero attached hydrogens (tertiary/aromatic N) is 4. The van der Waals surface area contributed by atoms with Gasteiger partial charge >= 0.3 is 11.9 Å². The number of ketones is 2. The molecule has 12 nitrogen and oxygen atoms in total. The number of amides is 2. The van der Waals surface area contributed by atoms with E-state index in [1.54, 1.807) is 95.5 Å². The fraction of sp³-hybridized carbons (Fsp3) is 0.321. The van der Waals surface area contributed by atoms with Gasteiger partial charge in [-0.15, -0.1) is 0 Å². The minimum atomic E-state index is -2.28. The Morgan fingerprint density at radius 2 is 1.12 bits per heavy atom. The number of likely N-dealkylation sites (N-methyl/N-ethyl adjacent to an activating group) is 1. The molecule has 0 saturated carbocycles. The molecule has 0 fully saturated rings. The Morgan fingerprint density at radius 1 is 0.638 bits per heavy atom. The molecular weight excluding hydrogens is 962 g/mol. The van der Waals surface area contributed by atoms with Crippen molar-refractivity contribution in [1.29, 1.82) is 0 Å². The van der Waals surface area contributed by atoms with Crippen LogP contribution in [0.3, 0.4) is 0 Å². The highest BCUT2D eigenvalue weighted by atomic mass is 35.5. The summed E-state index contributed by atoms with van der Waals surface area (Å²) in [4.78, 5) is 102. The molecule has 0 saturated heterocycles. The van der Waals surface area contributed by atoms with Crippen LogP contribution in [0.4, 0.5) is 11.4 Å². The fourth-order valence-corrected chi connectivity index (χ4v) is 12.0. The number of anilines is 2. The Kier molecular flexibility index (Phi) is 12.6. The van der Waals surface area contributed by atoms with E-state index >= 15 is 28.8 Å². The van der Waals surface area contributed by atoms with Gasteiger partial charge in [-0.1, -0.05) is 73.1 Å². The highest BCUT2D eigenvalue weighted by Crippen LogP contribution is 2.68. The number of methoxy groups -OCH3 is 2. The average Bonchev–Trinajstić information content (AvgIpc) is 3.71. The third kappa shape index (κ3) is 6.91. The number of carbonyl (C=O) groups is 6. The Balaban J connectivity index is 1.55. The van der Waals surface area contributed by atoms with Gasteiger partial charge in [0.05, 0.1) is 37.7 Å². The summed E-state index contributed by atoms with van der Waals surface area (Å²) in [5, 5.41) is 1.15. The molecule has 2 spiro atoms. The Hall–Kier alpha value is -5.92. The third-order valence-corrected chi connectivity index (χ3v) is 15.2. The van der Waals surface area contributed by atoms with Gasteiger partial charge in [-0.05, 0) is 115 Å². The van der Waals surface area contributed by atoms with Gasteiger partial charge in [-0.25, -0.2) is 9.59 Å². The molecule has 5 heterocycles. The van der Waals surface area contributed by atoms with Gasteiger partial charge in [0.1, 0.15) is 16.5 Å². The van der Waals surface area contributed by atoms with Crippen molar-refractivity contribution >= 4 is 93.1 Å². The molecule has 4 aromatic rings. The first-order valence-corrected chi connectivity index (χ1v) is 24.2. The van der Waals surface area contributed by atoms with E-state index in [1.165, 1.54) is 29.2 Å². The van der Waals surface area contributed by atoms with Crippen molar-refractivity contribution in [2.75, 3.05) is 51.2 Å². The lowest BCUT2D eigenvalue weighted by molar-refractivity contribution is -0.143. The summed E-state index contributed by atoms with van der Waals surface area (Å²) in [7, 11) is 5.79. The first-order chi connectivity index (χ1) is 33.0. The van der Waals surface area contributed by atoms with E-state index < -0.39 is 75.3 Å². The van der Waals surface area contributed by atoms with Gasteiger partial charge in [0.15, 0.2) is 11.6 Å². The molecule has 6 aliphatic rings. The summed E-state index contributed by atoms with van der Waals surface area (Å²) in [5.74, 6) is -7.88. The molecule has 2 bridgehead atoms. The van der Waals surface area contributed by atoms with Gasteiger partial charge in [-0.3, -0.25) is 19.2 Å². The van der Waals surface area contributed by atoms with Crippen molar-refractivity contribution in [1.82, 2.24) is 9.80 Å². The van der Waals surface area contributed by atoms with Crippen LogP contribution in [0.1, 0.15) is 71.4 Å². The second-order valence-corrected chi connectivity index (χ2v) is 19.7. The van der Waals surface area contributed by atoms with Gasteiger partial charge in [0.25, 0.3) is 0 Å². The summed E-state index contributed by atoms with van der Waals surface area (Å²) in [6, 6.07) is 20.9. The minimum Gasteiger partial charge on any atom is -0.466 e. The Bertz CT molecular complexity index is 2980. The summed E-state index contributed by atoms with van der Waals surface area (Å²) >= 11 is 26.7. The standard InChI is InChI=1S/C53H48Cl4N4O8/c1-7-9-23-59-36-21-19-32(56)25-34(36)52(50(59)66)39-27-38(58(3)4)40(42(52)45(62)28-11-15-30(54)16-12-28)47-53(35-26-33(57)20-22-37(35)60(51(53)67)24-10-8-2)43(46(63)29-13-17-31(55)18-14-29)41(48(64)68-5)44(61(39)47)49(65)69-6/h11-22,25-27,39,42-43H,7-10,23-24H2,1-6H3. The van der Waals surface area contributed by atoms with Crippen molar-refractivity contribution in [3.8, 4) is 0 Å². The molecule has 5 atom stereocenters. The van der Waals surface area contributed by atoms with Crippen molar-refractivity contribution < 1.29 is 38.2 Å². The average molecular weight is 1010 g/mol. The minimum absolute atomic E-state index is 0.0351. The van der Waals surface area contributed by atoms with Crippen LogP contribution in [0.15, 0.2) is 119 Å². The normalized spacial score (nSPS) is 23.1. The van der Waals surface area contributed by atoms with Crippen LogP contribution in [0.2, 0.25) is 20.1 Å². The molecule has 16 heteroatoms. The number of ether oxygens (including phenoxy) is 2. The monoisotopic (exact) mass is 1010 g/mol. The summed E-state index contributed by atoms with van der Waals surface area (Å²) < 4.78 is 11.1. The quantitative estimate of drug-likeness (QED) is 0.0942. The van der Waals surface area contributed by atoms with E-state index in [2.05, 4.69) is 0 Å². The van der Waals surface area contributed by atoms with Crippen LogP contribution in [0.25, 0.3) is 0 Å². The van der Waals surface area contributed by atoms with Crippen LogP contribution in [0.5, 0.6) is 0 Å². The number of hydrogen-bond acceptors (Lipinski definition) is 10. The third-order valence-electron chi connectivity index (χ3n) is 14.2. The van der Waals surface area contributed by atoms with Crippen molar-refractivity contribution in [3.63, 3.8) is 0 Å². The number of Topliss-reactive ketones (excluding diaryl/α,β-unsaturated/α-hetero) is 2. The lowest BCUT2D eigenvalue weighted by Gasteiger charge is -2.61. The number of carbonyl (C=O) groups excluding carboxylic acids is 6. The number of fused-ring (bicyclic) bond motifs is 3. The van der Waals surface area contributed by atoms with Crippen molar-refractivity contribution in [2.24, 2.45) is 11.8 Å². The number of unbranched alkanes of at least 4 members (excludes halogenated alkanes) is 2. The summed E-state index contributed by atoms with van der Waals surface area (Å²) in [5.41, 5.74) is -2.77. The van der Waals surface area contributed by atoms with E-state index in [1.807, 2.05) is 13.8 Å². The lowest BCUT2D eigenvalue weighted by Crippen LogP contribution is -2.71. The Labute approximate surface area is 420 Å². The first kappa shape index (κ1) is 48.1. The molecule has 4 aromatic carbocycles. The number of esters is 2. The highest BCUT2D eigenvalue weighted by molar-refractivity contribution is 6.32. The first-order valence-electron chi connectivity index (χ1n) is 22.7. The molecule has 356 valence electrons. The molecule has 69 heavy (non-hydrogen) atoms. The van der Waals surface area contributed by atoms with Crippen molar-refractivity contribution in [3.05, 3.63) is 162 Å². The van der Waals surface area contributed by atoms with Crippen LogP contribution in [0, 0.1) is 11.8 Å². The van der Waals surface area contributed by atoms with Crippen LogP contribution >= 0.6 is 46.4 Å². The number of rotatable bonds is 13. The summed E-state index contributed by atoms with van der Waals surface area (Å²) in [6.45, 7) is 4.43. The topological polar surface area (TPSA) is 134 Å². The highest BCUT2D eigenvalue weighted by Gasteiger charge is 2.76. The van der Waals surface area contributed by atoms with Gasteiger partial charge in [-0.2, -0.15) is 0 Å². The second kappa shape index (κ2) is 18.1. The predicted molar refractivity (Wildman–Crippen MR) is 265 cm³/mol. The van der Waals surface area contributed by atoms with Gasteiger partial charge in [0.2, 0.25) is 11.8 Å². The van der Waals surface area contributed by atoms with E-state index in [4.69, 9.17) is 55.9 Å². The molecule has 1 aliphatic carbocycles. The number of halogens is 4. The van der Waals surface area contributed by atoms with E-state index in [0.717, 1.165) is 20.6 Å². The maximum atomic E-state index is 16.7. The SMILES string of the molecule is CCCCN1C(=O)C2(C3=C4C(N(C)C)=CC(N3C(C(=O)OC)=C(C(=O)OC)C2C(=O)c2ccc(Cl)cc2)C2(C(=O)N(CCCC)c3ccc(Cl)cc32)C4C(=O)c2ccc(Cl)cc2)c2cc(Cl)ccc21. The Morgan fingerprint density at radius 3 is 1.62 bits per heavy atom. The number of benzene rings is 4. The smallest absolute Gasteiger partial charge is 0.355 e. The van der Waals surface area contributed by atoms with E-state index in [0.29, 0.717) is 51.9 Å². The number of hydrogen-bond donors (Lipinski definition) is 0. The maximum Gasteiger partial charge on any atom is 0.355 e. The molecule has 0 aromatic heterocycles. The zero-order chi connectivity index (χ0) is 49.4. The molecule has 5 aliphatic heterocycles. The largest absolute Gasteiger partial charge is 0.466 e. The van der Waals surface area contributed by atoms with Crippen LogP contribution in [-0.2, 0) is 39.5 Å². The molecule has 5 unspecified atom stereocenters. The van der Waals surface area contributed by atoms with E-state index in [-0.39, 0.29) is 51.1 Å². The molecule has 2 amide bonds. The molecule has 0 radical (unpaired) electrons. The second-order valence-electron chi connectivity index (χ2n) is 18.0. The van der Waals surface area contributed by atoms with Gasteiger partial charge < -0.3 is 29.1 Å². The summed E-state index contributed by atoms with van der Waals surface area (Å²) in [6.07, 6.45) is 4.33. The van der Waals surface area contributed by atoms with Crippen LogP contribution < -0.4 is 9.80 Å². The van der Waals surface area contributed by atoms with Gasteiger partial charge in [0, 0.05) is 86.7 Å². The lowest BCUT2D eigenvalue weighted by atomic mass is 9.50. The van der Waals surface area contributed by atoms with Crippen molar-refractivity contribution in [2.45, 2.75) is 56.4 Å². The zero-order valence-electron chi connectivity index (χ0n) is 38.7. The zero-order valence-corrected chi connectivity index (χ0v) is 41.7. The number of allylic oxidation sites excluding steroid dienone is 1. The maximum absolute atomic E-state index is 16.7. The van der Waals surface area contributed by atoms with E-state index in [9.17, 15) is 0 Å². The molecule has 10 rings (SSSR count). The molecular formula is C53H48Cl4N4O8. The fourth-order valence-electron chi connectivity index (χ4n) is 11.4. The molecule has 0 N–H and O–H groups in total.